The smallest absolute Gasteiger partial charge is 0.121 e. The molecule has 13 heavy (non-hydrogen) atoms. The number of rotatable bonds is 2. The number of nitrogens with zero attached hydrogens (tertiary/aromatic N) is 1. The fourth-order valence-corrected chi connectivity index (χ4v) is 2.61. The Labute approximate surface area is 82.6 Å². The summed E-state index contributed by atoms with van der Waals surface area (Å²) < 4.78 is 0. The molecule has 72 valence electrons. The zero-order valence-electron chi connectivity index (χ0n) is 8.08. The molecule has 1 N–H and O–H groups in total. The molecule has 1 saturated carbocycles. The van der Waals surface area contributed by atoms with E-state index < -0.39 is 6.10 Å². The van der Waals surface area contributed by atoms with Crippen molar-refractivity contribution in [1.82, 2.24) is 4.98 Å². The van der Waals surface area contributed by atoms with Gasteiger partial charge in [0.05, 0.1) is 5.69 Å². The summed E-state index contributed by atoms with van der Waals surface area (Å²) in [6.45, 7) is 3.89. The summed E-state index contributed by atoms with van der Waals surface area (Å²) >= 11 is 1.64. The molecule has 1 aromatic rings. The normalized spacial score (nSPS) is 19.9. The molecule has 0 aliphatic heterocycles. The lowest BCUT2D eigenvalue weighted by Gasteiger charge is -2.24. The van der Waals surface area contributed by atoms with Gasteiger partial charge in [0.15, 0.2) is 0 Å². The monoisotopic (exact) mass is 197 g/mol. The van der Waals surface area contributed by atoms with E-state index in [9.17, 15) is 5.11 Å². The predicted octanol–water partition coefficient (Wildman–Crippen LogP) is 2.77. The van der Waals surface area contributed by atoms with E-state index in [-0.39, 0.29) is 0 Å². The molecule has 0 radical (unpaired) electrons. The van der Waals surface area contributed by atoms with Crippen molar-refractivity contribution in [3.05, 3.63) is 15.6 Å². The van der Waals surface area contributed by atoms with E-state index in [0.29, 0.717) is 5.92 Å². The second-order valence-corrected chi connectivity index (χ2v) is 5.03. The average molecular weight is 197 g/mol. The Morgan fingerprint density at radius 3 is 2.62 bits per heavy atom. The standard InChI is InChI=1S/C10H15NOS/c1-6(12)10-11-9(7(2)13-10)8-4-3-5-8/h6,8,12H,3-5H2,1-2H3. The van der Waals surface area contributed by atoms with Gasteiger partial charge in [-0.05, 0) is 26.7 Å². The van der Waals surface area contributed by atoms with Crippen LogP contribution in [0.3, 0.4) is 0 Å². The second-order valence-electron chi connectivity index (χ2n) is 3.80. The van der Waals surface area contributed by atoms with E-state index in [0.717, 1.165) is 5.01 Å². The lowest BCUT2D eigenvalue weighted by Crippen LogP contribution is -2.10. The Bertz CT molecular complexity index is 302. The highest BCUT2D eigenvalue weighted by Gasteiger charge is 2.25. The first-order valence-electron chi connectivity index (χ1n) is 4.83. The summed E-state index contributed by atoms with van der Waals surface area (Å²) in [6, 6.07) is 0. The van der Waals surface area contributed by atoms with Gasteiger partial charge in [-0.1, -0.05) is 6.42 Å². The van der Waals surface area contributed by atoms with Crippen LogP contribution in [0, 0.1) is 6.92 Å². The van der Waals surface area contributed by atoms with Crippen LogP contribution in [0.25, 0.3) is 0 Å². The van der Waals surface area contributed by atoms with E-state index in [4.69, 9.17) is 0 Å². The van der Waals surface area contributed by atoms with Gasteiger partial charge in [-0.3, -0.25) is 0 Å². The number of aliphatic hydroxyl groups is 1. The molecule has 1 aliphatic carbocycles. The maximum atomic E-state index is 9.38. The molecule has 2 nitrogen and oxygen atoms in total. The van der Waals surface area contributed by atoms with Crippen molar-refractivity contribution in [3.63, 3.8) is 0 Å². The summed E-state index contributed by atoms with van der Waals surface area (Å²) in [5, 5.41) is 10.3. The van der Waals surface area contributed by atoms with Crippen molar-refractivity contribution in [2.45, 2.75) is 45.1 Å². The van der Waals surface area contributed by atoms with Gasteiger partial charge < -0.3 is 5.11 Å². The van der Waals surface area contributed by atoms with E-state index in [1.807, 2.05) is 0 Å². The van der Waals surface area contributed by atoms with Crippen LogP contribution >= 0.6 is 11.3 Å². The molecule has 0 bridgehead atoms. The molecular weight excluding hydrogens is 182 g/mol. The van der Waals surface area contributed by atoms with Crippen LogP contribution in [0.4, 0.5) is 0 Å². The largest absolute Gasteiger partial charge is 0.386 e. The van der Waals surface area contributed by atoms with Gasteiger partial charge in [-0.2, -0.15) is 0 Å². The van der Waals surface area contributed by atoms with Crippen LogP contribution in [0.1, 0.15) is 53.8 Å². The predicted molar refractivity (Wildman–Crippen MR) is 54.1 cm³/mol. The van der Waals surface area contributed by atoms with E-state index in [2.05, 4.69) is 11.9 Å². The SMILES string of the molecule is Cc1sc(C(C)O)nc1C1CCC1. The molecule has 1 atom stereocenters. The van der Waals surface area contributed by atoms with Crippen LogP contribution in [-0.2, 0) is 0 Å². The molecule has 0 saturated heterocycles. The highest BCUT2D eigenvalue weighted by molar-refractivity contribution is 7.11. The van der Waals surface area contributed by atoms with E-state index in [1.54, 1.807) is 18.3 Å². The van der Waals surface area contributed by atoms with E-state index >= 15 is 0 Å². The highest BCUT2D eigenvalue weighted by atomic mass is 32.1. The van der Waals surface area contributed by atoms with Crippen LogP contribution in [-0.4, -0.2) is 10.1 Å². The highest BCUT2D eigenvalue weighted by Crippen LogP contribution is 2.39. The Morgan fingerprint density at radius 1 is 1.54 bits per heavy atom. The summed E-state index contributed by atoms with van der Waals surface area (Å²) in [5.74, 6) is 0.684. The van der Waals surface area contributed by atoms with Gasteiger partial charge >= 0.3 is 0 Å². The van der Waals surface area contributed by atoms with Gasteiger partial charge in [0, 0.05) is 10.8 Å². The molecule has 1 heterocycles. The van der Waals surface area contributed by atoms with Gasteiger partial charge in [0.2, 0.25) is 0 Å². The van der Waals surface area contributed by atoms with Crippen molar-refractivity contribution in [3.8, 4) is 0 Å². The zero-order valence-corrected chi connectivity index (χ0v) is 8.90. The Hall–Kier alpha value is -0.410. The third-order valence-corrected chi connectivity index (χ3v) is 3.86. The van der Waals surface area contributed by atoms with Crippen LogP contribution in [0.15, 0.2) is 0 Å². The topological polar surface area (TPSA) is 33.1 Å². The van der Waals surface area contributed by atoms with Gasteiger partial charge in [0.25, 0.3) is 0 Å². The molecule has 2 rings (SSSR count). The Balaban J connectivity index is 2.24. The minimum Gasteiger partial charge on any atom is -0.386 e. The summed E-state index contributed by atoms with van der Waals surface area (Å²) in [5.41, 5.74) is 1.24. The second kappa shape index (κ2) is 3.39. The van der Waals surface area contributed by atoms with Gasteiger partial charge in [-0.15, -0.1) is 11.3 Å². The zero-order chi connectivity index (χ0) is 9.42. The molecule has 3 heteroatoms. The summed E-state index contributed by atoms with van der Waals surface area (Å²) in [4.78, 5) is 5.79. The van der Waals surface area contributed by atoms with Crippen molar-refractivity contribution >= 4 is 11.3 Å². The minimum absolute atomic E-state index is 0.405. The third-order valence-electron chi connectivity index (χ3n) is 2.70. The number of aryl methyl sites for hydroxylation is 1. The van der Waals surface area contributed by atoms with Crippen LogP contribution < -0.4 is 0 Å². The first kappa shape index (κ1) is 9.16. The quantitative estimate of drug-likeness (QED) is 0.790. The summed E-state index contributed by atoms with van der Waals surface area (Å²) in [6.07, 6.45) is 3.50. The average Bonchev–Trinajstić information content (AvgIpc) is 2.29. The molecule has 0 amide bonds. The molecule has 1 aromatic heterocycles. The molecule has 0 spiro atoms. The fourth-order valence-electron chi connectivity index (χ4n) is 1.67. The molecule has 1 unspecified atom stereocenters. The number of aliphatic hydroxyl groups excluding tert-OH is 1. The Morgan fingerprint density at radius 2 is 2.23 bits per heavy atom. The molecule has 1 aliphatic rings. The number of hydrogen-bond acceptors (Lipinski definition) is 3. The number of aromatic nitrogens is 1. The van der Waals surface area contributed by atoms with Gasteiger partial charge in [-0.25, -0.2) is 4.98 Å². The molecular formula is C10H15NOS. The Kier molecular flexibility index (Phi) is 2.39. The minimum atomic E-state index is -0.405. The molecule has 1 fully saturated rings. The van der Waals surface area contributed by atoms with Crippen molar-refractivity contribution < 1.29 is 5.11 Å². The van der Waals surface area contributed by atoms with Crippen molar-refractivity contribution in [1.29, 1.82) is 0 Å². The van der Waals surface area contributed by atoms with E-state index in [1.165, 1.54) is 29.8 Å². The lowest BCUT2D eigenvalue weighted by molar-refractivity contribution is 0.198. The summed E-state index contributed by atoms with van der Waals surface area (Å²) in [7, 11) is 0. The lowest BCUT2D eigenvalue weighted by atomic mass is 9.82. The number of thiazole rings is 1. The first-order chi connectivity index (χ1) is 6.18. The van der Waals surface area contributed by atoms with Crippen molar-refractivity contribution in [2.24, 2.45) is 0 Å². The molecule has 0 aromatic carbocycles. The van der Waals surface area contributed by atoms with Gasteiger partial charge in [0.1, 0.15) is 11.1 Å². The number of hydrogen-bond donors (Lipinski definition) is 1. The van der Waals surface area contributed by atoms with Crippen LogP contribution in [0.5, 0.6) is 0 Å². The third kappa shape index (κ3) is 1.63. The maximum absolute atomic E-state index is 9.38. The van der Waals surface area contributed by atoms with Crippen LogP contribution in [0.2, 0.25) is 0 Å². The maximum Gasteiger partial charge on any atom is 0.121 e. The fraction of sp³-hybridized carbons (Fsp3) is 0.700. The first-order valence-corrected chi connectivity index (χ1v) is 5.65. The van der Waals surface area contributed by atoms with Crippen molar-refractivity contribution in [2.75, 3.05) is 0 Å².